The minimum absolute atomic E-state index is 0. The van der Waals surface area contributed by atoms with Crippen LogP contribution in [0, 0.1) is 5.92 Å². The number of oxazole rings is 1. The molecule has 0 spiro atoms. The summed E-state index contributed by atoms with van der Waals surface area (Å²) in [6.45, 7) is 5.43. The molecule has 0 amide bonds. The molecule has 152 valence electrons. The van der Waals surface area contributed by atoms with Crippen LogP contribution in [0.4, 0.5) is 6.01 Å². The van der Waals surface area contributed by atoms with E-state index < -0.39 is 0 Å². The SMILES string of the molecule is CCCCCCCCCCc1cccc2oc(NC[C@@H]3CCNC3)nc12.Cl. The molecule has 1 aliphatic heterocycles. The molecule has 1 aromatic heterocycles. The largest absolute Gasteiger partial charge is 0.424 e. The molecule has 3 rings (SSSR count). The Morgan fingerprint density at radius 2 is 1.89 bits per heavy atom. The van der Waals surface area contributed by atoms with Crippen LogP contribution in [0.5, 0.6) is 0 Å². The van der Waals surface area contributed by atoms with Crippen molar-refractivity contribution < 1.29 is 4.42 Å². The fourth-order valence-electron chi connectivity index (χ4n) is 3.85. The Morgan fingerprint density at radius 1 is 1.11 bits per heavy atom. The quantitative estimate of drug-likeness (QED) is 0.437. The van der Waals surface area contributed by atoms with Gasteiger partial charge in [0.15, 0.2) is 5.58 Å². The second-order valence-electron chi connectivity index (χ2n) is 7.75. The Bertz CT molecular complexity index is 652. The van der Waals surface area contributed by atoms with Crippen LogP contribution >= 0.6 is 12.4 Å². The summed E-state index contributed by atoms with van der Waals surface area (Å²) in [6, 6.07) is 7.01. The molecule has 4 nitrogen and oxygen atoms in total. The molecular weight excluding hydrogens is 358 g/mol. The molecule has 1 fully saturated rings. The number of rotatable bonds is 12. The fraction of sp³-hybridized carbons (Fsp3) is 0.682. The van der Waals surface area contributed by atoms with Gasteiger partial charge in [0, 0.05) is 6.54 Å². The lowest BCUT2D eigenvalue weighted by Gasteiger charge is -2.07. The average Bonchev–Trinajstić information content (AvgIpc) is 3.31. The molecule has 2 heterocycles. The lowest BCUT2D eigenvalue weighted by molar-refractivity contribution is 0.574. The number of nitrogens with zero attached hydrogens (tertiary/aromatic N) is 1. The van der Waals surface area contributed by atoms with Crippen LogP contribution in [0.3, 0.4) is 0 Å². The first kappa shape index (κ1) is 22.0. The van der Waals surface area contributed by atoms with Gasteiger partial charge in [0.05, 0.1) is 0 Å². The third-order valence-corrected chi connectivity index (χ3v) is 5.51. The molecule has 0 bridgehead atoms. The van der Waals surface area contributed by atoms with Gasteiger partial charge in [0.25, 0.3) is 6.01 Å². The second-order valence-corrected chi connectivity index (χ2v) is 7.75. The third-order valence-electron chi connectivity index (χ3n) is 5.51. The van der Waals surface area contributed by atoms with Crippen molar-refractivity contribution in [2.45, 2.75) is 71.1 Å². The van der Waals surface area contributed by atoms with Gasteiger partial charge in [-0.3, -0.25) is 0 Å². The van der Waals surface area contributed by atoms with Crippen LogP contribution < -0.4 is 10.6 Å². The molecule has 1 saturated heterocycles. The molecule has 5 heteroatoms. The van der Waals surface area contributed by atoms with E-state index in [1.165, 1.54) is 63.4 Å². The van der Waals surface area contributed by atoms with Gasteiger partial charge >= 0.3 is 0 Å². The zero-order valence-electron chi connectivity index (χ0n) is 16.8. The Labute approximate surface area is 170 Å². The highest BCUT2D eigenvalue weighted by Crippen LogP contribution is 2.24. The maximum atomic E-state index is 5.91. The van der Waals surface area contributed by atoms with Gasteiger partial charge in [-0.25, -0.2) is 0 Å². The number of hydrogen-bond donors (Lipinski definition) is 2. The number of fused-ring (bicyclic) bond motifs is 1. The number of aromatic nitrogens is 1. The number of hydrogen-bond acceptors (Lipinski definition) is 4. The van der Waals surface area contributed by atoms with Crippen LogP contribution in [0.2, 0.25) is 0 Å². The standard InChI is InChI=1S/C22H35N3O.ClH/c1-2-3-4-5-6-7-8-9-11-19-12-10-13-20-21(19)25-22(26-20)24-17-18-14-15-23-16-18;/h10,12-13,18,23H,2-9,11,14-17H2,1H3,(H,24,25);1H/t18-;/m1./s1. The number of aryl methyl sites for hydroxylation is 1. The van der Waals surface area contributed by atoms with E-state index in [1.54, 1.807) is 0 Å². The van der Waals surface area contributed by atoms with Crippen LogP contribution in [-0.2, 0) is 6.42 Å². The van der Waals surface area contributed by atoms with Gasteiger partial charge in [-0.05, 0) is 49.9 Å². The Balaban J connectivity index is 0.00000261. The highest BCUT2D eigenvalue weighted by atomic mass is 35.5. The minimum Gasteiger partial charge on any atom is -0.424 e. The van der Waals surface area contributed by atoms with Gasteiger partial charge in [-0.1, -0.05) is 64.0 Å². The number of unbranched alkanes of at least 4 members (excludes halogenated alkanes) is 7. The van der Waals surface area contributed by atoms with Crippen molar-refractivity contribution in [2.75, 3.05) is 25.0 Å². The van der Waals surface area contributed by atoms with Gasteiger partial charge in [-0.15, -0.1) is 12.4 Å². The van der Waals surface area contributed by atoms with Crippen molar-refractivity contribution in [1.29, 1.82) is 0 Å². The molecule has 1 aliphatic rings. The normalized spacial score (nSPS) is 16.6. The molecule has 1 atom stereocenters. The van der Waals surface area contributed by atoms with Crippen molar-refractivity contribution in [2.24, 2.45) is 5.92 Å². The van der Waals surface area contributed by atoms with E-state index in [0.717, 1.165) is 37.2 Å². The first-order chi connectivity index (χ1) is 12.9. The Morgan fingerprint density at radius 3 is 2.63 bits per heavy atom. The molecule has 2 N–H and O–H groups in total. The highest BCUT2D eigenvalue weighted by Gasteiger charge is 2.15. The Kier molecular flexibility index (Phi) is 10.00. The Hall–Kier alpha value is -1.26. The predicted octanol–water partition coefficient (Wildman–Crippen LogP) is 5.95. The molecule has 0 saturated carbocycles. The van der Waals surface area contributed by atoms with E-state index >= 15 is 0 Å². The van der Waals surface area contributed by atoms with Crippen molar-refractivity contribution in [3.63, 3.8) is 0 Å². The van der Waals surface area contributed by atoms with Gasteiger partial charge in [-0.2, -0.15) is 4.98 Å². The number of benzene rings is 1. The second kappa shape index (κ2) is 12.2. The molecule has 1 aromatic carbocycles. The van der Waals surface area contributed by atoms with Gasteiger partial charge in [0.2, 0.25) is 0 Å². The van der Waals surface area contributed by atoms with Crippen molar-refractivity contribution in [3.8, 4) is 0 Å². The fourth-order valence-corrected chi connectivity index (χ4v) is 3.85. The summed E-state index contributed by atoms with van der Waals surface area (Å²) in [6.07, 6.45) is 13.2. The molecular formula is C22H36ClN3O. The number of para-hydroxylation sites is 1. The summed E-state index contributed by atoms with van der Waals surface area (Å²) in [5, 5.41) is 6.79. The van der Waals surface area contributed by atoms with Gasteiger partial charge in [0.1, 0.15) is 5.52 Å². The topological polar surface area (TPSA) is 50.1 Å². The first-order valence-electron chi connectivity index (χ1n) is 10.7. The van der Waals surface area contributed by atoms with E-state index in [4.69, 9.17) is 9.40 Å². The van der Waals surface area contributed by atoms with Crippen LogP contribution in [0.25, 0.3) is 11.1 Å². The summed E-state index contributed by atoms with van der Waals surface area (Å²) in [7, 11) is 0. The van der Waals surface area contributed by atoms with E-state index in [1.807, 2.05) is 6.07 Å². The van der Waals surface area contributed by atoms with Crippen LogP contribution in [0.1, 0.15) is 70.3 Å². The zero-order chi connectivity index (χ0) is 18.0. The predicted molar refractivity (Wildman–Crippen MR) is 117 cm³/mol. The van der Waals surface area contributed by atoms with Gasteiger partial charge < -0.3 is 15.1 Å². The van der Waals surface area contributed by atoms with E-state index in [2.05, 4.69) is 29.7 Å². The molecule has 2 aromatic rings. The maximum Gasteiger partial charge on any atom is 0.295 e. The summed E-state index contributed by atoms with van der Waals surface area (Å²) in [5.74, 6) is 0.682. The molecule has 0 unspecified atom stereocenters. The number of nitrogens with one attached hydrogen (secondary N) is 2. The summed E-state index contributed by atoms with van der Waals surface area (Å²) in [4.78, 5) is 4.72. The number of halogens is 1. The number of anilines is 1. The van der Waals surface area contributed by atoms with Crippen LogP contribution in [0.15, 0.2) is 22.6 Å². The molecule has 0 aliphatic carbocycles. The smallest absolute Gasteiger partial charge is 0.295 e. The van der Waals surface area contributed by atoms with Crippen molar-refractivity contribution in [1.82, 2.24) is 10.3 Å². The van der Waals surface area contributed by atoms with Crippen molar-refractivity contribution >= 4 is 29.5 Å². The van der Waals surface area contributed by atoms with Crippen LogP contribution in [-0.4, -0.2) is 24.6 Å². The van der Waals surface area contributed by atoms with E-state index in [0.29, 0.717) is 11.9 Å². The lowest BCUT2D eigenvalue weighted by atomic mass is 10.0. The lowest BCUT2D eigenvalue weighted by Crippen LogP contribution is -2.17. The molecule has 27 heavy (non-hydrogen) atoms. The molecule has 0 radical (unpaired) electrons. The highest BCUT2D eigenvalue weighted by molar-refractivity contribution is 5.85. The average molecular weight is 394 g/mol. The van der Waals surface area contributed by atoms with Crippen molar-refractivity contribution in [3.05, 3.63) is 23.8 Å². The van der Waals surface area contributed by atoms with E-state index in [9.17, 15) is 0 Å². The summed E-state index contributed by atoms with van der Waals surface area (Å²) in [5.41, 5.74) is 3.28. The zero-order valence-corrected chi connectivity index (χ0v) is 17.6. The first-order valence-corrected chi connectivity index (χ1v) is 10.7. The maximum absolute atomic E-state index is 5.91. The minimum atomic E-state index is 0. The summed E-state index contributed by atoms with van der Waals surface area (Å²) < 4.78 is 5.91. The monoisotopic (exact) mass is 393 g/mol. The van der Waals surface area contributed by atoms with E-state index in [-0.39, 0.29) is 12.4 Å². The summed E-state index contributed by atoms with van der Waals surface area (Å²) >= 11 is 0. The third kappa shape index (κ3) is 7.00.